The van der Waals surface area contributed by atoms with Gasteiger partial charge in [-0.05, 0) is 69.7 Å². The molecule has 0 spiro atoms. The van der Waals surface area contributed by atoms with E-state index in [9.17, 15) is 14.7 Å². The van der Waals surface area contributed by atoms with Gasteiger partial charge in [0.05, 0.1) is 0 Å². The number of hydrogen-bond donors (Lipinski definition) is 1. The van der Waals surface area contributed by atoms with E-state index >= 15 is 0 Å². The van der Waals surface area contributed by atoms with Crippen LogP contribution < -0.4 is 4.74 Å². The van der Waals surface area contributed by atoms with Crippen molar-refractivity contribution in [3.63, 3.8) is 0 Å². The van der Waals surface area contributed by atoms with Gasteiger partial charge in [-0.1, -0.05) is 6.42 Å². The number of fused-ring (bicyclic) bond motifs is 1. The van der Waals surface area contributed by atoms with Crippen LogP contribution in [0.15, 0.2) is 24.3 Å². The van der Waals surface area contributed by atoms with Gasteiger partial charge in [0.25, 0.3) is 5.91 Å². The topological polar surface area (TPSA) is 66.8 Å². The smallest absolute Gasteiger partial charge is 0.326 e. The van der Waals surface area contributed by atoms with Crippen molar-refractivity contribution in [3.05, 3.63) is 29.8 Å². The maximum absolute atomic E-state index is 12.8. The number of ether oxygens (including phenoxy) is 1. The van der Waals surface area contributed by atoms with Crippen LogP contribution in [0.3, 0.4) is 0 Å². The molecular weight excluding hydrogens is 306 g/mol. The average molecular weight is 331 g/mol. The molecule has 3 atom stereocenters. The molecule has 1 heterocycles. The van der Waals surface area contributed by atoms with Crippen LogP contribution in [-0.4, -0.2) is 40.1 Å². The Balaban J connectivity index is 1.77. The Morgan fingerprint density at radius 3 is 2.42 bits per heavy atom. The Kier molecular flexibility index (Phi) is 4.28. The van der Waals surface area contributed by atoms with Crippen LogP contribution in [0.4, 0.5) is 0 Å². The minimum absolute atomic E-state index is 0.106. The van der Waals surface area contributed by atoms with Crippen molar-refractivity contribution in [1.82, 2.24) is 4.90 Å². The van der Waals surface area contributed by atoms with Gasteiger partial charge in [0.2, 0.25) is 0 Å². The van der Waals surface area contributed by atoms with Crippen LogP contribution in [0.5, 0.6) is 5.75 Å². The molecule has 1 saturated carbocycles. The summed E-state index contributed by atoms with van der Waals surface area (Å²) in [6.45, 7) is 6.45. The quantitative estimate of drug-likeness (QED) is 0.924. The number of carbonyl (C=O) groups is 2. The van der Waals surface area contributed by atoms with Crippen LogP contribution in [0.2, 0.25) is 0 Å². The van der Waals surface area contributed by atoms with Crippen LogP contribution in [-0.2, 0) is 4.79 Å². The second-order valence-electron chi connectivity index (χ2n) is 7.83. The summed E-state index contributed by atoms with van der Waals surface area (Å²) in [6.07, 6.45) is 3.00. The molecule has 1 N–H and O–H groups in total. The van der Waals surface area contributed by atoms with Crippen molar-refractivity contribution >= 4 is 11.9 Å². The van der Waals surface area contributed by atoms with E-state index in [4.69, 9.17) is 4.74 Å². The third-order valence-electron chi connectivity index (χ3n) is 4.93. The highest BCUT2D eigenvalue weighted by Gasteiger charge is 2.49. The molecule has 5 heteroatoms. The molecule has 3 unspecified atom stereocenters. The van der Waals surface area contributed by atoms with E-state index in [0.29, 0.717) is 23.8 Å². The highest BCUT2D eigenvalue weighted by Crippen LogP contribution is 2.42. The lowest BCUT2D eigenvalue weighted by Crippen LogP contribution is -2.43. The molecule has 1 aliphatic carbocycles. The van der Waals surface area contributed by atoms with Gasteiger partial charge in [-0.15, -0.1) is 0 Å². The zero-order valence-corrected chi connectivity index (χ0v) is 14.5. The van der Waals surface area contributed by atoms with Gasteiger partial charge in [-0.2, -0.15) is 0 Å². The predicted molar refractivity (Wildman–Crippen MR) is 90.1 cm³/mol. The van der Waals surface area contributed by atoms with Crippen molar-refractivity contribution < 1.29 is 19.4 Å². The van der Waals surface area contributed by atoms with Crippen LogP contribution in [0.1, 0.15) is 50.4 Å². The molecule has 5 nitrogen and oxygen atoms in total. The number of likely N-dealkylation sites (tertiary alicyclic amines) is 1. The molecule has 0 aromatic heterocycles. The number of carbonyl (C=O) groups excluding carboxylic acids is 1. The Labute approximate surface area is 142 Å². The first-order valence-electron chi connectivity index (χ1n) is 8.59. The summed E-state index contributed by atoms with van der Waals surface area (Å²) >= 11 is 0. The van der Waals surface area contributed by atoms with E-state index in [-0.39, 0.29) is 17.4 Å². The Morgan fingerprint density at radius 1 is 1.17 bits per heavy atom. The summed E-state index contributed by atoms with van der Waals surface area (Å²) in [4.78, 5) is 26.1. The SMILES string of the molecule is CC(C)(C)Oc1ccc(C(=O)N2CC3CCCC3C2C(=O)O)cc1. The minimum atomic E-state index is -0.884. The molecule has 24 heavy (non-hydrogen) atoms. The molecule has 1 aliphatic heterocycles. The summed E-state index contributed by atoms with van der Waals surface area (Å²) in [6, 6.07) is 6.29. The number of hydrogen-bond acceptors (Lipinski definition) is 3. The van der Waals surface area contributed by atoms with Crippen molar-refractivity contribution in [3.8, 4) is 5.75 Å². The fourth-order valence-corrected chi connectivity index (χ4v) is 4.02. The molecule has 3 rings (SSSR count). The largest absolute Gasteiger partial charge is 0.488 e. The molecular formula is C19H25NO4. The molecule has 0 radical (unpaired) electrons. The third-order valence-corrected chi connectivity index (χ3v) is 4.93. The number of carboxylic acid groups (broad SMARTS) is 1. The second-order valence-corrected chi connectivity index (χ2v) is 7.83. The van der Waals surface area contributed by atoms with Gasteiger partial charge >= 0.3 is 5.97 Å². The summed E-state index contributed by atoms with van der Waals surface area (Å²) in [7, 11) is 0. The molecule has 1 aromatic rings. The van der Waals surface area contributed by atoms with E-state index in [1.165, 1.54) is 0 Å². The summed E-state index contributed by atoms with van der Waals surface area (Å²) in [5.41, 5.74) is 0.217. The van der Waals surface area contributed by atoms with Gasteiger partial charge in [0.15, 0.2) is 0 Å². The molecule has 1 aromatic carbocycles. The van der Waals surface area contributed by atoms with Gasteiger partial charge in [0.1, 0.15) is 17.4 Å². The first-order valence-corrected chi connectivity index (χ1v) is 8.59. The van der Waals surface area contributed by atoms with Crippen molar-refractivity contribution in [2.24, 2.45) is 11.8 Å². The lowest BCUT2D eigenvalue weighted by atomic mass is 9.94. The van der Waals surface area contributed by atoms with E-state index in [0.717, 1.165) is 19.3 Å². The second kappa shape index (κ2) is 6.11. The summed E-state index contributed by atoms with van der Waals surface area (Å²) in [5, 5.41) is 9.58. The third kappa shape index (κ3) is 3.25. The van der Waals surface area contributed by atoms with Crippen LogP contribution in [0, 0.1) is 11.8 Å². The molecule has 1 amide bonds. The highest BCUT2D eigenvalue weighted by molar-refractivity contribution is 5.97. The fraction of sp³-hybridized carbons (Fsp3) is 0.579. The lowest BCUT2D eigenvalue weighted by molar-refractivity contribution is -0.142. The minimum Gasteiger partial charge on any atom is -0.488 e. The lowest BCUT2D eigenvalue weighted by Gasteiger charge is -2.25. The highest BCUT2D eigenvalue weighted by atomic mass is 16.5. The first-order chi connectivity index (χ1) is 11.3. The molecule has 1 saturated heterocycles. The van der Waals surface area contributed by atoms with E-state index in [2.05, 4.69) is 0 Å². The van der Waals surface area contributed by atoms with Crippen molar-refractivity contribution in [2.45, 2.75) is 51.7 Å². The monoisotopic (exact) mass is 331 g/mol. The van der Waals surface area contributed by atoms with Gasteiger partial charge in [-0.25, -0.2) is 4.79 Å². The maximum Gasteiger partial charge on any atom is 0.326 e. The van der Waals surface area contributed by atoms with Crippen LogP contribution in [0.25, 0.3) is 0 Å². The van der Waals surface area contributed by atoms with E-state index in [1.807, 2.05) is 20.8 Å². The Morgan fingerprint density at radius 2 is 1.83 bits per heavy atom. The summed E-state index contributed by atoms with van der Waals surface area (Å²) in [5.74, 6) is 0.0603. The van der Waals surface area contributed by atoms with Crippen molar-refractivity contribution in [1.29, 1.82) is 0 Å². The molecule has 130 valence electrons. The number of amides is 1. The number of aliphatic carboxylic acids is 1. The van der Waals surface area contributed by atoms with Gasteiger partial charge < -0.3 is 14.7 Å². The zero-order chi connectivity index (χ0) is 17.5. The standard InChI is InChI=1S/C19H25NO4/c1-19(2,3)24-14-9-7-12(8-10-14)17(21)20-11-13-5-4-6-15(13)16(20)18(22)23/h7-10,13,15-16H,4-6,11H2,1-3H3,(H,22,23). The number of nitrogens with zero attached hydrogens (tertiary/aromatic N) is 1. The maximum atomic E-state index is 12.8. The predicted octanol–water partition coefficient (Wildman–Crippen LogP) is 3.19. The molecule has 2 aliphatic rings. The van der Waals surface area contributed by atoms with Gasteiger partial charge in [0, 0.05) is 12.1 Å². The molecule has 2 fully saturated rings. The normalized spacial score (nSPS) is 26.3. The van der Waals surface area contributed by atoms with Crippen LogP contribution >= 0.6 is 0 Å². The Bertz CT molecular complexity index is 632. The number of carboxylic acids is 1. The summed E-state index contributed by atoms with van der Waals surface area (Å²) < 4.78 is 5.76. The average Bonchev–Trinajstić information content (AvgIpc) is 3.05. The molecule has 0 bridgehead atoms. The fourth-order valence-electron chi connectivity index (χ4n) is 4.02. The number of benzene rings is 1. The number of rotatable bonds is 3. The zero-order valence-electron chi connectivity index (χ0n) is 14.5. The van der Waals surface area contributed by atoms with Crippen molar-refractivity contribution in [2.75, 3.05) is 6.54 Å². The van der Waals surface area contributed by atoms with E-state index in [1.54, 1.807) is 29.2 Å². The van der Waals surface area contributed by atoms with Gasteiger partial charge in [-0.3, -0.25) is 4.79 Å². The Hall–Kier alpha value is -2.04. The van der Waals surface area contributed by atoms with E-state index < -0.39 is 12.0 Å². The first kappa shape index (κ1) is 16.8.